The molecule has 1 heteroatoms. The number of fused-ring (bicyclic) bond motifs is 1. The molecule has 3 aliphatic rings. The van der Waals surface area contributed by atoms with Crippen LogP contribution < -0.4 is 0 Å². The highest BCUT2D eigenvalue weighted by atomic mass is 16.5. The fraction of sp³-hybridized carbons (Fsp3) is 1.00. The molecule has 1 nitrogen and oxygen atoms in total. The monoisotopic (exact) mass is 180 g/mol. The predicted molar refractivity (Wildman–Crippen MR) is 52.6 cm³/mol. The van der Waals surface area contributed by atoms with E-state index in [1.54, 1.807) is 0 Å². The molecular weight excluding hydrogens is 160 g/mol. The van der Waals surface area contributed by atoms with Crippen molar-refractivity contribution in [2.75, 3.05) is 13.7 Å². The third kappa shape index (κ3) is 0.782. The van der Waals surface area contributed by atoms with Gasteiger partial charge < -0.3 is 4.74 Å². The molecule has 0 aliphatic heterocycles. The summed E-state index contributed by atoms with van der Waals surface area (Å²) in [4.78, 5) is 0. The normalized spacial score (nSPS) is 50.3. The van der Waals surface area contributed by atoms with Gasteiger partial charge in [0.2, 0.25) is 0 Å². The van der Waals surface area contributed by atoms with E-state index in [2.05, 4.69) is 6.92 Å². The van der Waals surface area contributed by atoms with E-state index >= 15 is 0 Å². The lowest BCUT2D eigenvalue weighted by Crippen LogP contribution is -2.29. The Morgan fingerprint density at radius 1 is 1.15 bits per heavy atom. The Balaban J connectivity index is 1.84. The summed E-state index contributed by atoms with van der Waals surface area (Å²) < 4.78 is 5.47. The number of methoxy groups -OCH3 is 1. The lowest BCUT2D eigenvalue weighted by atomic mass is 9.76. The van der Waals surface area contributed by atoms with Crippen molar-refractivity contribution in [2.45, 2.75) is 45.4 Å². The molecule has 0 spiro atoms. The first kappa shape index (κ1) is 8.28. The predicted octanol–water partition coefficient (Wildman–Crippen LogP) is 2.99. The van der Waals surface area contributed by atoms with E-state index in [4.69, 9.17) is 4.74 Å². The maximum absolute atomic E-state index is 5.47. The maximum Gasteiger partial charge on any atom is 0.0524 e. The van der Waals surface area contributed by atoms with Crippen molar-refractivity contribution < 1.29 is 4.74 Å². The fourth-order valence-corrected chi connectivity index (χ4v) is 4.30. The van der Waals surface area contributed by atoms with Crippen molar-refractivity contribution in [3.8, 4) is 0 Å². The van der Waals surface area contributed by atoms with Crippen molar-refractivity contribution >= 4 is 0 Å². The maximum atomic E-state index is 5.47. The van der Waals surface area contributed by atoms with Gasteiger partial charge in [0.15, 0.2) is 0 Å². The van der Waals surface area contributed by atoms with Crippen LogP contribution >= 0.6 is 0 Å². The van der Waals surface area contributed by atoms with Gasteiger partial charge in [-0.15, -0.1) is 0 Å². The molecule has 0 unspecified atom stereocenters. The van der Waals surface area contributed by atoms with Crippen molar-refractivity contribution in [3.63, 3.8) is 0 Å². The SMILES string of the molecule is COCC1(C23CC2(C)C3)CCCC1. The van der Waals surface area contributed by atoms with Gasteiger partial charge in [0.05, 0.1) is 6.61 Å². The smallest absolute Gasteiger partial charge is 0.0524 e. The van der Waals surface area contributed by atoms with E-state index in [0.29, 0.717) is 5.41 Å². The van der Waals surface area contributed by atoms with Crippen LogP contribution in [0.1, 0.15) is 45.4 Å². The fourth-order valence-electron chi connectivity index (χ4n) is 4.30. The summed E-state index contributed by atoms with van der Waals surface area (Å²) in [5, 5.41) is 0. The topological polar surface area (TPSA) is 9.23 Å². The van der Waals surface area contributed by atoms with Crippen LogP contribution in [0.3, 0.4) is 0 Å². The molecule has 0 atom stereocenters. The van der Waals surface area contributed by atoms with Crippen LogP contribution in [-0.4, -0.2) is 13.7 Å². The third-order valence-corrected chi connectivity index (χ3v) is 5.29. The number of hydrogen-bond donors (Lipinski definition) is 0. The van der Waals surface area contributed by atoms with E-state index in [1.165, 1.54) is 38.5 Å². The molecule has 3 rings (SSSR count). The Morgan fingerprint density at radius 2 is 1.69 bits per heavy atom. The highest BCUT2D eigenvalue weighted by Crippen LogP contribution is 2.93. The molecule has 0 saturated heterocycles. The van der Waals surface area contributed by atoms with Crippen LogP contribution in [0.5, 0.6) is 0 Å². The Labute approximate surface area is 80.8 Å². The highest BCUT2D eigenvalue weighted by molar-refractivity contribution is 5.34. The molecular formula is C12H20O. The third-order valence-electron chi connectivity index (χ3n) is 5.29. The van der Waals surface area contributed by atoms with Gasteiger partial charge in [-0.3, -0.25) is 0 Å². The van der Waals surface area contributed by atoms with Crippen molar-refractivity contribution in [1.82, 2.24) is 0 Å². The lowest BCUT2D eigenvalue weighted by Gasteiger charge is -2.31. The summed E-state index contributed by atoms with van der Waals surface area (Å²) in [5.74, 6) is 0. The Bertz CT molecular complexity index is 232. The van der Waals surface area contributed by atoms with Crippen LogP contribution in [0.15, 0.2) is 0 Å². The summed E-state index contributed by atoms with van der Waals surface area (Å²) in [7, 11) is 1.87. The minimum Gasteiger partial charge on any atom is -0.384 e. The molecule has 0 aromatic heterocycles. The molecule has 0 radical (unpaired) electrons. The van der Waals surface area contributed by atoms with Crippen LogP contribution in [-0.2, 0) is 4.74 Å². The minimum absolute atomic E-state index is 0.608. The van der Waals surface area contributed by atoms with Gasteiger partial charge in [0.25, 0.3) is 0 Å². The van der Waals surface area contributed by atoms with Crippen LogP contribution in [0.4, 0.5) is 0 Å². The summed E-state index contributed by atoms with van der Waals surface area (Å²) in [6.07, 6.45) is 8.78. The lowest BCUT2D eigenvalue weighted by molar-refractivity contribution is 0.0453. The van der Waals surface area contributed by atoms with Crippen LogP contribution in [0, 0.1) is 16.2 Å². The second kappa shape index (κ2) is 2.13. The van der Waals surface area contributed by atoms with Crippen molar-refractivity contribution in [3.05, 3.63) is 0 Å². The average Bonchev–Trinajstić information content (AvgIpc) is 2.75. The molecule has 0 bridgehead atoms. The zero-order valence-electron chi connectivity index (χ0n) is 8.86. The first-order valence-corrected chi connectivity index (χ1v) is 5.67. The second-order valence-electron chi connectivity index (χ2n) is 5.92. The van der Waals surface area contributed by atoms with E-state index in [0.717, 1.165) is 17.4 Å². The van der Waals surface area contributed by atoms with E-state index in [1.807, 2.05) is 7.11 Å². The van der Waals surface area contributed by atoms with Gasteiger partial charge in [-0.2, -0.15) is 0 Å². The first-order valence-electron chi connectivity index (χ1n) is 5.67. The van der Waals surface area contributed by atoms with Crippen LogP contribution in [0.25, 0.3) is 0 Å². The molecule has 0 aromatic rings. The standard InChI is InChI=1S/C12H20O/c1-10-7-12(10,8-10)11(9-13-2)5-3-4-6-11/h3-9H2,1-2H3. The van der Waals surface area contributed by atoms with Crippen molar-refractivity contribution in [1.29, 1.82) is 0 Å². The van der Waals surface area contributed by atoms with Gasteiger partial charge >= 0.3 is 0 Å². The zero-order valence-corrected chi connectivity index (χ0v) is 8.86. The zero-order chi connectivity index (χ0) is 9.16. The molecule has 3 saturated carbocycles. The second-order valence-corrected chi connectivity index (χ2v) is 5.92. The van der Waals surface area contributed by atoms with E-state index < -0.39 is 0 Å². The number of hydrogen-bond acceptors (Lipinski definition) is 1. The van der Waals surface area contributed by atoms with Gasteiger partial charge in [-0.1, -0.05) is 19.8 Å². The molecule has 0 N–H and O–H groups in total. The average molecular weight is 180 g/mol. The molecule has 13 heavy (non-hydrogen) atoms. The Kier molecular flexibility index (Phi) is 1.36. The minimum atomic E-state index is 0.608. The number of rotatable bonds is 3. The van der Waals surface area contributed by atoms with E-state index in [-0.39, 0.29) is 0 Å². The van der Waals surface area contributed by atoms with Gasteiger partial charge in [-0.05, 0) is 41.9 Å². The highest BCUT2D eigenvalue weighted by Gasteiger charge is 2.86. The van der Waals surface area contributed by atoms with Crippen molar-refractivity contribution in [2.24, 2.45) is 16.2 Å². The molecule has 0 amide bonds. The largest absolute Gasteiger partial charge is 0.384 e. The van der Waals surface area contributed by atoms with Gasteiger partial charge in [0.1, 0.15) is 0 Å². The van der Waals surface area contributed by atoms with Gasteiger partial charge in [-0.25, -0.2) is 0 Å². The molecule has 0 heterocycles. The Morgan fingerprint density at radius 3 is 2.08 bits per heavy atom. The van der Waals surface area contributed by atoms with E-state index in [9.17, 15) is 0 Å². The molecule has 3 aliphatic carbocycles. The molecule has 3 fully saturated rings. The molecule has 74 valence electrons. The number of ether oxygens (including phenoxy) is 1. The summed E-state index contributed by atoms with van der Waals surface area (Å²) in [6, 6.07) is 0. The quantitative estimate of drug-likeness (QED) is 0.648. The summed E-state index contributed by atoms with van der Waals surface area (Å²) >= 11 is 0. The molecule has 0 aromatic carbocycles. The Hall–Kier alpha value is -0.0400. The first-order chi connectivity index (χ1) is 6.18. The van der Waals surface area contributed by atoms with Crippen LogP contribution in [0.2, 0.25) is 0 Å². The summed E-state index contributed by atoms with van der Waals surface area (Å²) in [5.41, 5.74) is 2.12. The van der Waals surface area contributed by atoms with Gasteiger partial charge in [0, 0.05) is 7.11 Å². The summed E-state index contributed by atoms with van der Waals surface area (Å²) in [6.45, 7) is 3.51.